The van der Waals surface area contributed by atoms with Gasteiger partial charge in [0.15, 0.2) is 0 Å². The molecule has 0 aliphatic carbocycles. The van der Waals surface area contributed by atoms with E-state index in [1.807, 2.05) is 0 Å². The molecule has 0 rings (SSSR count). The molecule has 0 amide bonds. The Labute approximate surface area is 96.7 Å². The van der Waals surface area contributed by atoms with Crippen LogP contribution < -0.4 is 0 Å². The highest BCUT2D eigenvalue weighted by molar-refractivity contribution is 5.65. The van der Waals surface area contributed by atoms with E-state index in [0.717, 1.165) is 11.0 Å². The minimum atomic E-state index is -0.954. The SMILES string of the molecule is CC(=O)OCC[N+](C)(C)C.OCC(O)CO. The fourth-order valence-corrected chi connectivity index (χ4v) is 0.521. The molecule has 0 saturated carbocycles. The van der Waals surface area contributed by atoms with E-state index < -0.39 is 6.10 Å². The number of hydrogen-bond acceptors (Lipinski definition) is 5. The topological polar surface area (TPSA) is 87.0 Å². The molecule has 0 fully saturated rings. The molecule has 0 heterocycles. The first-order valence-corrected chi connectivity index (χ1v) is 5.06. The van der Waals surface area contributed by atoms with Crippen LogP contribution in [0.5, 0.6) is 0 Å². The lowest BCUT2D eigenvalue weighted by molar-refractivity contribution is -0.870. The molecule has 0 saturated heterocycles. The number of nitrogens with zero attached hydrogens (tertiary/aromatic N) is 1. The number of hydrogen-bond donors (Lipinski definition) is 3. The van der Waals surface area contributed by atoms with E-state index in [4.69, 9.17) is 20.1 Å². The third-order valence-corrected chi connectivity index (χ3v) is 1.49. The Morgan fingerprint density at radius 2 is 1.69 bits per heavy atom. The molecule has 16 heavy (non-hydrogen) atoms. The van der Waals surface area contributed by atoms with Crippen molar-refractivity contribution < 1.29 is 29.3 Å². The second-order valence-electron chi connectivity index (χ2n) is 4.37. The fraction of sp³-hybridized carbons (Fsp3) is 0.900. The summed E-state index contributed by atoms with van der Waals surface area (Å²) in [6.45, 7) is 2.07. The van der Waals surface area contributed by atoms with Crippen LogP contribution in [0.3, 0.4) is 0 Å². The number of esters is 1. The van der Waals surface area contributed by atoms with Crippen LogP contribution in [0.25, 0.3) is 0 Å². The molecule has 98 valence electrons. The molecule has 0 aliphatic rings. The molecule has 0 aromatic rings. The number of ether oxygens (including phenoxy) is 1. The Hall–Kier alpha value is -0.690. The molecular weight excluding hydrogens is 214 g/mol. The Morgan fingerprint density at radius 3 is 1.88 bits per heavy atom. The largest absolute Gasteiger partial charge is 0.460 e. The standard InChI is InChI=1S/C7H16NO2.C3H8O3/c1-7(9)10-6-5-8(2,3)4;4-1-3(6)2-5/h5-6H2,1-4H3;3-6H,1-2H2/q+1;. The summed E-state index contributed by atoms with van der Waals surface area (Å²) in [5.74, 6) is -0.201. The minimum Gasteiger partial charge on any atom is -0.460 e. The first-order valence-electron chi connectivity index (χ1n) is 5.06. The molecule has 0 unspecified atom stereocenters. The van der Waals surface area contributed by atoms with Crippen molar-refractivity contribution >= 4 is 5.97 Å². The number of carbonyl (C=O) groups excluding carboxylic acids is 1. The van der Waals surface area contributed by atoms with E-state index in [1.54, 1.807) is 0 Å². The Bertz CT molecular complexity index is 175. The summed E-state index contributed by atoms with van der Waals surface area (Å²) in [6, 6.07) is 0. The molecule has 0 aromatic carbocycles. The summed E-state index contributed by atoms with van der Waals surface area (Å²) in [5, 5.41) is 24.0. The van der Waals surface area contributed by atoms with Gasteiger partial charge in [-0.2, -0.15) is 0 Å². The van der Waals surface area contributed by atoms with Crippen molar-refractivity contribution in [2.45, 2.75) is 13.0 Å². The lowest BCUT2D eigenvalue weighted by atomic mass is 10.4. The van der Waals surface area contributed by atoms with Crippen LogP contribution in [0.2, 0.25) is 0 Å². The molecule has 6 heteroatoms. The van der Waals surface area contributed by atoms with E-state index in [0.29, 0.717) is 6.61 Å². The number of likely N-dealkylation sites (N-methyl/N-ethyl adjacent to an activating group) is 1. The van der Waals surface area contributed by atoms with Crippen LogP contribution >= 0.6 is 0 Å². The molecule has 0 aliphatic heterocycles. The zero-order valence-corrected chi connectivity index (χ0v) is 10.5. The average molecular weight is 238 g/mol. The molecule has 3 N–H and O–H groups in total. The fourth-order valence-electron chi connectivity index (χ4n) is 0.521. The Morgan fingerprint density at radius 1 is 1.25 bits per heavy atom. The number of aliphatic hydroxyl groups is 3. The Balaban J connectivity index is 0. The van der Waals surface area contributed by atoms with Crippen molar-refractivity contribution in [3.8, 4) is 0 Å². The zero-order chi connectivity index (χ0) is 13.2. The quantitative estimate of drug-likeness (QED) is 0.404. The van der Waals surface area contributed by atoms with Gasteiger partial charge in [0.1, 0.15) is 19.3 Å². The van der Waals surface area contributed by atoms with Crippen LogP contribution in [0.4, 0.5) is 0 Å². The third-order valence-electron chi connectivity index (χ3n) is 1.49. The van der Waals surface area contributed by atoms with E-state index in [1.165, 1.54) is 6.92 Å². The maximum absolute atomic E-state index is 10.3. The minimum absolute atomic E-state index is 0.201. The maximum Gasteiger partial charge on any atom is 0.302 e. The van der Waals surface area contributed by atoms with Crippen molar-refractivity contribution in [1.29, 1.82) is 0 Å². The predicted molar refractivity (Wildman–Crippen MR) is 59.7 cm³/mol. The van der Waals surface area contributed by atoms with Gasteiger partial charge >= 0.3 is 5.97 Å². The van der Waals surface area contributed by atoms with Gasteiger partial charge in [0.25, 0.3) is 0 Å². The maximum atomic E-state index is 10.3. The molecule has 0 bridgehead atoms. The van der Waals surface area contributed by atoms with Crippen molar-refractivity contribution in [3.63, 3.8) is 0 Å². The highest BCUT2D eigenvalue weighted by Gasteiger charge is 2.06. The summed E-state index contributed by atoms with van der Waals surface area (Å²) in [5.41, 5.74) is 0. The van der Waals surface area contributed by atoms with Crippen LogP contribution in [0, 0.1) is 0 Å². The number of rotatable bonds is 5. The van der Waals surface area contributed by atoms with E-state index in [2.05, 4.69) is 21.1 Å². The smallest absolute Gasteiger partial charge is 0.302 e. The van der Waals surface area contributed by atoms with Gasteiger partial charge in [0, 0.05) is 6.92 Å². The van der Waals surface area contributed by atoms with Crippen molar-refractivity contribution in [1.82, 2.24) is 0 Å². The van der Waals surface area contributed by atoms with Crippen molar-refractivity contribution in [2.24, 2.45) is 0 Å². The third kappa shape index (κ3) is 19.0. The van der Waals surface area contributed by atoms with Gasteiger partial charge in [-0.15, -0.1) is 0 Å². The molecule has 0 radical (unpaired) electrons. The van der Waals surface area contributed by atoms with Crippen LogP contribution in [-0.4, -0.2) is 79.4 Å². The van der Waals surface area contributed by atoms with Gasteiger partial charge in [-0.05, 0) is 0 Å². The second-order valence-corrected chi connectivity index (χ2v) is 4.37. The van der Waals surface area contributed by atoms with E-state index in [9.17, 15) is 4.79 Å². The first kappa shape index (κ1) is 17.7. The van der Waals surface area contributed by atoms with Crippen LogP contribution in [0.15, 0.2) is 0 Å². The van der Waals surface area contributed by atoms with Crippen LogP contribution in [0.1, 0.15) is 6.92 Å². The van der Waals surface area contributed by atoms with E-state index in [-0.39, 0.29) is 19.2 Å². The Kier molecular flexibility index (Phi) is 10.5. The molecule has 6 nitrogen and oxygen atoms in total. The molecule has 0 aromatic heterocycles. The van der Waals surface area contributed by atoms with Crippen LogP contribution in [-0.2, 0) is 9.53 Å². The van der Waals surface area contributed by atoms with Gasteiger partial charge in [-0.1, -0.05) is 0 Å². The second kappa shape index (κ2) is 9.53. The highest BCUT2D eigenvalue weighted by atomic mass is 16.5. The lowest BCUT2D eigenvalue weighted by Crippen LogP contribution is -2.37. The summed E-state index contributed by atoms with van der Waals surface area (Å²) >= 11 is 0. The predicted octanol–water partition coefficient (Wildman–Crippen LogP) is -1.41. The van der Waals surface area contributed by atoms with Crippen molar-refractivity contribution in [2.75, 3.05) is 47.5 Å². The van der Waals surface area contributed by atoms with Gasteiger partial charge in [-0.3, -0.25) is 4.79 Å². The van der Waals surface area contributed by atoms with Gasteiger partial charge in [0.05, 0.1) is 34.4 Å². The number of quaternary nitrogens is 1. The molecule has 0 spiro atoms. The van der Waals surface area contributed by atoms with Gasteiger partial charge < -0.3 is 24.5 Å². The van der Waals surface area contributed by atoms with Crippen molar-refractivity contribution in [3.05, 3.63) is 0 Å². The summed E-state index contributed by atoms with van der Waals surface area (Å²) in [7, 11) is 6.18. The summed E-state index contributed by atoms with van der Waals surface area (Å²) in [6.07, 6.45) is -0.954. The number of aliphatic hydroxyl groups excluding tert-OH is 3. The lowest BCUT2D eigenvalue weighted by Gasteiger charge is -2.23. The van der Waals surface area contributed by atoms with Gasteiger partial charge in [0.2, 0.25) is 0 Å². The van der Waals surface area contributed by atoms with Gasteiger partial charge in [-0.25, -0.2) is 0 Å². The summed E-state index contributed by atoms with van der Waals surface area (Å²) in [4.78, 5) is 10.3. The molecular formula is C10H24NO5+. The molecule has 0 atom stereocenters. The summed E-state index contributed by atoms with van der Waals surface area (Å²) < 4.78 is 5.59. The monoisotopic (exact) mass is 238 g/mol. The number of carbonyl (C=O) groups is 1. The average Bonchev–Trinajstić information content (AvgIpc) is 2.15. The zero-order valence-electron chi connectivity index (χ0n) is 10.5. The highest BCUT2D eigenvalue weighted by Crippen LogP contribution is 1.89. The normalized spacial score (nSPS) is 10.8. The first-order chi connectivity index (χ1) is 7.22. The van der Waals surface area contributed by atoms with E-state index >= 15 is 0 Å².